The molecule has 1 aromatic heterocycles. The van der Waals surface area contributed by atoms with Crippen LogP contribution in [0.25, 0.3) is 0 Å². The van der Waals surface area contributed by atoms with Crippen LogP contribution in [0, 0.1) is 11.8 Å². The summed E-state index contributed by atoms with van der Waals surface area (Å²) in [4.78, 5) is 7.79. The molecule has 2 rings (SSSR count). The summed E-state index contributed by atoms with van der Waals surface area (Å²) >= 11 is 0. The van der Waals surface area contributed by atoms with Crippen LogP contribution in [0.2, 0.25) is 0 Å². The van der Waals surface area contributed by atoms with Crippen LogP contribution in [0.4, 0.5) is 0 Å². The molecule has 0 radical (unpaired) electrons. The summed E-state index contributed by atoms with van der Waals surface area (Å²) in [6.45, 7) is 6.30. The average Bonchev–Trinajstić information content (AvgIpc) is 3.00. The van der Waals surface area contributed by atoms with E-state index in [1.54, 1.807) is 7.11 Å². The molecule has 0 spiro atoms. The Morgan fingerprint density at radius 3 is 2.88 bits per heavy atom. The SMILES string of the molecule is COC(c1ncc(CNCC(C)C)[nH]1)C1CC1. The first-order valence-electron chi connectivity index (χ1n) is 6.48. The van der Waals surface area contributed by atoms with Crippen molar-refractivity contribution in [2.75, 3.05) is 13.7 Å². The summed E-state index contributed by atoms with van der Waals surface area (Å²) in [5.41, 5.74) is 1.14. The Bertz CT molecular complexity index is 344. The van der Waals surface area contributed by atoms with Crippen LogP contribution in [0.3, 0.4) is 0 Å². The van der Waals surface area contributed by atoms with Crippen LogP contribution in [0.1, 0.15) is 44.3 Å². The van der Waals surface area contributed by atoms with E-state index >= 15 is 0 Å². The van der Waals surface area contributed by atoms with Crippen LogP contribution in [-0.4, -0.2) is 23.6 Å². The third kappa shape index (κ3) is 3.54. The molecule has 2 N–H and O–H groups in total. The van der Waals surface area contributed by atoms with Crippen LogP contribution in [0.15, 0.2) is 6.20 Å². The fourth-order valence-corrected chi connectivity index (χ4v) is 2.03. The van der Waals surface area contributed by atoms with Crippen molar-refractivity contribution >= 4 is 0 Å². The largest absolute Gasteiger partial charge is 0.373 e. The summed E-state index contributed by atoms with van der Waals surface area (Å²) in [5, 5.41) is 3.40. The first kappa shape index (κ1) is 12.6. The minimum Gasteiger partial charge on any atom is -0.373 e. The van der Waals surface area contributed by atoms with Crippen molar-refractivity contribution in [3.05, 3.63) is 17.7 Å². The highest BCUT2D eigenvalue weighted by atomic mass is 16.5. The molecule has 1 saturated carbocycles. The second-order valence-corrected chi connectivity index (χ2v) is 5.31. The average molecular weight is 237 g/mol. The van der Waals surface area contributed by atoms with Gasteiger partial charge in [0.1, 0.15) is 11.9 Å². The number of H-pyrrole nitrogens is 1. The number of hydrogen-bond acceptors (Lipinski definition) is 3. The number of aromatic amines is 1. The molecule has 4 heteroatoms. The summed E-state index contributed by atoms with van der Waals surface area (Å²) < 4.78 is 5.50. The Kier molecular flexibility index (Phi) is 4.18. The van der Waals surface area contributed by atoms with Crippen LogP contribution in [-0.2, 0) is 11.3 Å². The van der Waals surface area contributed by atoms with E-state index in [1.165, 1.54) is 12.8 Å². The monoisotopic (exact) mass is 237 g/mol. The maximum Gasteiger partial charge on any atom is 0.135 e. The Morgan fingerprint density at radius 1 is 1.53 bits per heavy atom. The smallest absolute Gasteiger partial charge is 0.135 e. The maximum atomic E-state index is 5.50. The molecule has 0 aromatic carbocycles. The predicted molar refractivity (Wildman–Crippen MR) is 67.6 cm³/mol. The molecule has 96 valence electrons. The molecule has 17 heavy (non-hydrogen) atoms. The van der Waals surface area contributed by atoms with Crippen LogP contribution in [0.5, 0.6) is 0 Å². The van der Waals surface area contributed by atoms with Gasteiger partial charge in [-0.3, -0.25) is 0 Å². The van der Waals surface area contributed by atoms with Crippen molar-refractivity contribution in [1.29, 1.82) is 0 Å². The first-order valence-corrected chi connectivity index (χ1v) is 6.48. The van der Waals surface area contributed by atoms with Gasteiger partial charge in [-0.2, -0.15) is 0 Å². The van der Waals surface area contributed by atoms with Crippen molar-refractivity contribution in [2.24, 2.45) is 11.8 Å². The fourth-order valence-electron chi connectivity index (χ4n) is 2.03. The normalized spacial score (nSPS) is 17.6. The minimum absolute atomic E-state index is 0.161. The Balaban J connectivity index is 1.86. The van der Waals surface area contributed by atoms with Gasteiger partial charge in [-0.1, -0.05) is 13.8 Å². The van der Waals surface area contributed by atoms with Gasteiger partial charge in [-0.15, -0.1) is 0 Å². The summed E-state index contributed by atoms with van der Waals surface area (Å²) in [7, 11) is 1.77. The summed E-state index contributed by atoms with van der Waals surface area (Å²) in [5.74, 6) is 2.33. The van der Waals surface area contributed by atoms with Gasteiger partial charge in [0.2, 0.25) is 0 Å². The van der Waals surface area contributed by atoms with E-state index in [9.17, 15) is 0 Å². The standard InChI is InChI=1S/C13H23N3O/c1-9(2)6-14-7-11-8-15-13(16-11)12(17-3)10-4-5-10/h8-10,12,14H,4-7H2,1-3H3,(H,15,16). The van der Waals surface area contributed by atoms with E-state index in [-0.39, 0.29) is 6.10 Å². The molecule has 1 atom stereocenters. The highest BCUT2D eigenvalue weighted by Crippen LogP contribution is 2.41. The van der Waals surface area contributed by atoms with Crippen molar-refractivity contribution in [3.63, 3.8) is 0 Å². The van der Waals surface area contributed by atoms with Gasteiger partial charge in [-0.05, 0) is 31.2 Å². The topological polar surface area (TPSA) is 49.9 Å². The number of imidazole rings is 1. The summed E-state index contributed by atoms with van der Waals surface area (Å²) in [6, 6.07) is 0. The lowest BCUT2D eigenvalue weighted by molar-refractivity contribution is 0.0778. The van der Waals surface area contributed by atoms with Crippen molar-refractivity contribution in [1.82, 2.24) is 15.3 Å². The number of rotatable bonds is 7. The number of aromatic nitrogens is 2. The van der Waals surface area contributed by atoms with Gasteiger partial charge in [0, 0.05) is 25.5 Å². The quantitative estimate of drug-likeness (QED) is 0.764. The Hall–Kier alpha value is -0.870. The molecule has 1 aromatic rings. The zero-order chi connectivity index (χ0) is 12.3. The van der Waals surface area contributed by atoms with E-state index in [1.807, 2.05) is 6.20 Å². The van der Waals surface area contributed by atoms with E-state index in [2.05, 4.69) is 29.1 Å². The van der Waals surface area contributed by atoms with Gasteiger partial charge < -0.3 is 15.0 Å². The number of methoxy groups -OCH3 is 1. The molecular formula is C13H23N3O. The Labute approximate surface area is 103 Å². The van der Waals surface area contributed by atoms with Gasteiger partial charge in [-0.25, -0.2) is 4.98 Å². The number of ether oxygens (including phenoxy) is 1. The number of hydrogen-bond donors (Lipinski definition) is 2. The van der Waals surface area contributed by atoms with E-state index < -0.39 is 0 Å². The van der Waals surface area contributed by atoms with E-state index in [4.69, 9.17) is 4.74 Å². The van der Waals surface area contributed by atoms with Crippen molar-refractivity contribution < 1.29 is 4.74 Å². The van der Waals surface area contributed by atoms with Gasteiger partial charge >= 0.3 is 0 Å². The summed E-state index contributed by atoms with van der Waals surface area (Å²) in [6.07, 6.45) is 4.60. The van der Waals surface area contributed by atoms with Crippen molar-refractivity contribution in [3.8, 4) is 0 Å². The molecule has 1 unspecified atom stereocenters. The van der Waals surface area contributed by atoms with Gasteiger partial charge in [0.25, 0.3) is 0 Å². The number of nitrogens with zero attached hydrogens (tertiary/aromatic N) is 1. The van der Waals surface area contributed by atoms with Crippen LogP contribution < -0.4 is 5.32 Å². The molecule has 0 aliphatic heterocycles. The minimum atomic E-state index is 0.161. The lowest BCUT2D eigenvalue weighted by Crippen LogP contribution is -2.19. The lowest BCUT2D eigenvalue weighted by atomic mass is 10.2. The molecule has 0 saturated heterocycles. The molecule has 1 aliphatic rings. The third-order valence-corrected chi connectivity index (χ3v) is 3.09. The van der Waals surface area contributed by atoms with Gasteiger partial charge in [0.05, 0.1) is 0 Å². The zero-order valence-corrected chi connectivity index (χ0v) is 11.0. The molecule has 1 heterocycles. The molecule has 0 bridgehead atoms. The van der Waals surface area contributed by atoms with E-state index in [0.29, 0.717) is 11.8 Å². The highest BCUT2D eigenvalue weighted by Gasteiger charge is 2.34. The molecule has 1 fully saturated rings. The first-order chi connectivity index (χ1) is 8.20. The molecule has 0 amide bonds. The predicted octanol–water partition coefficient (Wildman–Crippen LogP) is 2.25. The second-order valence-electron chi connectivity index (χ2n) is 5.31. The van der Waals surface area contributed by atoms with E-state index in [0.717, 1.165) is 24.6 Å². The molecular weight excluding hydrogens is 214 g/mol. The fraction of sp³-hybridized carbons (Fsp3) is 0.769. The third-order valence-electron chi connectivity index (χ3n) is 3.09. The Morgan fingerprint density at radius 2 is 2.29 bits per heavy atom. The number of nitrogens with one attached hydrogen (secondary N) is 2. The molecule has 1 aliphatic carbocycles. The maximum absolute atomic E-state index is 5.50. The molecule has 4 nitrogen and oxygen atoms in total. The second kappa shape index (κ2) is 5.65. The highest BCUT2D eigenvalue weighted by molar-refractivity contribution is 5.06. The van der Waals surface area contributed by atoms with Crippen molar-refractivity contribution in [2.45, 2.75) is 39.3 Å². The van der Waals surface area contributed by atoms with Gasteiger partial charge in [0.15, 0.2) is 0 Å². The zero-order valence-electron chi connectivity index (χ0n) is 11.0. The van der Waals surface area contributed by atoms with Crippen LogP contribution >= 0.6 is 0 Å². The lowest BCUT2D eigenvalue weighted by Gasteiger charge is -2.11.